The molecule has 0 saturated heterocycles. The molecule has 3 N–H and O–H groups in total. The van der Waals surface area contributed by atoms with Crippen LogP contribution >= 0.6 is 0 Å². The lowest BCUT2D eigenvalue weighted by Crippen LogP contribution is -2.31. The first kappa shape index (κ1) is 13.3. The molecule has 0 aliphatic carbocycles. The van der Waals surface area contributed by atoms with Crippen LogP contribution in [-0.2, 0) is 4.79 Å². The molecule has 1 aromatic rings. The summed E-state index contributed by atoms with van der Waals surface area (Å²) in [6.45, 7) is 3.84. The third kappa shape index (κ3) is 4.30. The van der Waals surface area contributed by atoms with Crippen LogP contribution in [-0.4, -0.2) is 18.6 Å². The Morgan fingerprint density at radius 3 is 2.82 bits per heavy atom. The molecule has 0 aliphatic heterocycles. The minimum Gasteiger partial charge on any atom is -0.488 e. The molecule has 0 spiro atoms. The molecule has 17 heavy (non-hydrogen) atoms. The first-order valence-electron chi connectivity index (χ1n) is 5.47. The highest BCUT2D eigenvalue weighted by molar-refractivity contribution is 5.76. The molecule has 1 rings (SSSR count). The van der Waals surface area contributed by atoms with Gasteiger partial charge in [-0.15, -0.1) is 0 Å². The van der Waals surface area contributed by atoms with Crippen molar-refractivity contribution >= 4 is 11.6 Å². The number of ether oxygens (including phenoxy) is 1. The van der Waals surface area contributed by atoms with E-state index in [4.69, 9.17) is 10.5 Å². The average Bonchev–Trinajstić information content (AvgIpc) is 2.21. The van der Waals surface area contributed by atoms with Crippen molar-refractivity contribution in [3.05, 3.63) is 24.0 Å². The summed E-state index contributed by atoms with van der Waals surface area (Å²) in [6, 6.07) is 4.40. The van der Waals surface area contributed by atoms with Crippen molar-refractivity contribution in [2.45, 2.75) is 26.3 Å². The van der Waals surface area contributed by atoms with E-state index in [1.54, 1.807) is 6.07 Å². The maximum atomic E-state index is 13.3. The van der Waals surface area contributed by atoms with E-state index in [1.165, 1.54) is 12.1 Å². The van der Waals surface area contributed by atoms with Crippen molar-refractivity contribution in [3.8, 4) is 5.75 Å². The monoisotopic (exact) mass is 240 g/mol. The zero-order valence-electron chi connectivity index (χ0n) is 10.00. The van der Waals surface area contributed by atoms with Gasteiger partial charge in [0.15, 0.2) is 11.6 Å². The number of amides is 1. The maximum Gasteiger partial charge on any atom is 0.223 e. The number of nitrogens with two attached hydrogens (primary N) is 1. The van der Waals surface area contributed by atoms with E-state index in [1.807, 2.05) is 13.8 Å². The molecule has 0 radical (unpaired) electrons. The largest absolute Gasteiger partial charge is 0.488 e. The summed E-state index contributed by atoms with van der Waals surface area (Å²) in [4.78, 5) is 11.3. The quantitative estimate of drug-likeness (QED) is 0.770. The van der Waals surface area contributed by atoms with Crippen LogP contribution in [0.4, 0.5) is 10.1 Å². The van der Waals surface area contributed by atoms with Crippen LogP contribution in [0.5, 0.6) is 5.75 Å². The Morgan fingerprint density at radius 1 is 1.53 bits per heavy atom. The Labute approximate surface area is 100.0 Å². The summed E-state index contributed by atoms with van der Waals surface area (Å²) in [5.41, 5.74) is 5.78. The van der Waals surface area contributed by atoms with E-state index in [-0.39, 0.29) is 36.4 Å². The Morgan fingerprint density at radius 2 is 2.24 bits per heavy atom. The molecule has 4 nitrogen and oxygen atoms in total. The molecule has 0 aliphatic rings. The smallest absolute Gasteiger partial charge is 0.223 e. The second kappa shape index (κ2) is 6.08. The molecule has 0 heterocycles. The lowest BCUT2D eigenvalue weighted by atomic mass is 10.3. The number of halogens is 1. The van der Waals surface area contributed by atoms with Crippen molar-refractivity contribution in [1.82, 2.24) is 5.32 Å². The number of rotatable bonds is 5. The van der Waals surface area contributed by atoms with Crippen LogP contribution in [0.25, 0.3) is 0 Å². The van der Waals surface area contributed by atoms with E-state index < -0.39 is 5.82 Å². The van der Waals surface area contributed by atoms with Crippen LogP contribution in [0, 0.1) is 5.82 Å². The van der Waals surface area contributed by atoms with Crippen molar-refractivity contribution in [2.24, 2.45) is 0 Å². The predicted octanol–water partition coefficient (Wildman–Crippen LogP) is 1.70. The highest BCUT2D eigenvalue weighted by Gasteiger charge is 2.08. The van der Waals surface area contributed by atoms with Gasteiger partial charge in [-0.1, -0.05) is 6.07 Å². The van der Waals surface area contributed by atoms with Crippen LogP contribution in [0.1, 0.15) is 20.3 Å². The Bertz CT molecular complexity index is 374. The molecule has 1 aromatic carbocycles. The maximum absolute atomic E-state index is 13.3. The first-order chi connectivity index (χ1) is 8.00. The number of anilines is 1. The summed E-state index contributed by atoms with van der Waals surface area (Å²) in [6.07, 6.45) is 0.173. The average molecular weight is 240 g/mol. The van der Waals surface area contributed by atoms with Gasteiger partial charge >= 0.3 is 0 Å². The van der Waals surface area contributed by atoms with Gasteiger partial charge < -0.3 is 15.8 Å². The van der Waals surface area contributed by atoms with E-state index >= 15 is 0 Å². The predicted molar refractivity (Wildman–Crippen MR) is 64.2 cm³/mol. The van der Waals surface area contributed by atoms with Crippen LogP contribution < -0.4 is 15.8 Å². The van der Waals surface area contributed by atoms with Crippen molar-refractivity contribution in [2.75, 3.05) is 12.3 Å². The fourth-order valence-corrected chi connectivity index (χ4v) is 1.32. The van der Waals surface area contributed by atoms with Gasteiger partial charge in [0, 0.05) is 6.04 Å². The standard InChI is InChI=1S/C12H17FN2O2/c1-8(2)15-11(16)6-7-17-12-9(13)4-3-5-10(12)14/h3-5,8H,6-7,14H2,1-2H3,(H,15,16). The molecule has 0 bridgehead atoms. The van der Waals surface area contributed by atoms with Crippen LogP contribution in [0.2, 0.25) is 0 Å². The SMILES string of the molecule is CC(C)NC(=O)CCOc1c(N)cccc1F. The lowest BCUT2D eigenvalue weighted by molar-refractivity contribution is -0.122. The molecule has 0 saturated carbocycles. The van der Waals surface area contributed by atoms with E-state index in [9.17, 15) is 9.18 Å². The second-order valence-electron chi connectivity index (χ2n) is 3.98. The molecule has 0 aromatic heterocycles. The number of nitrogens with one attached hydrogen (secondary N) is 1. The summed E-state index contributed by atoms with van der Waals surface area (Å²) < 4.78 is 18.4. The topological polar surface area (TPSA) is 64.3 Å². The highest BCUT2D eigenvalue weighted by Crippen LogP contribution is 2.24. The molecule has 0 unspecified atom stereocenters. The Kier molecular flexibility index (Phi) is 4.75. The number of nitrogen functional groups attached to an aromatic ring is 1. The molecule has 0 atom stereocenters. The number of hydrogen-bond donors (Lipinski definition) is 2. The van der Waals surface area contributed by atoms with E-state index in [0.29, 0.717) is 0 Å². The van der Waals surface area contributed by atoms with Gasteiger partial charge in [0.25, 0.3) is 0 Å². The summed E-state index contributed by atoms with van der Waals surface area (Å²) in [5.74, 6) is -0.644. The Hall–Kier alpha value is -1.78. The number of carbonyl (C=O) groups is 1. The fourth-order valence-electron chi connectivity index (χ4n) is 1.32. The van der Waals surface area contributed by atoms with Gasteiger partial charge in [-0.3, -0.25) is 4.79 Å². The molecular formula is C12H17FN2O2. The van der Waals surface area contributed by atoms with Crippen LogP contribution in [0.3, 0.4) is 0 Å². The molecular weight excluding hydrogens is 223 g/mol. The highest BCUT2D eigenvalue weighted by atomic mass is 19.1. The van der Waals surface area contributed by atoms with Gasteiger partial charge in [0.2, 0.25) is 5.91 Å². The van der Waals surface area contributed by atoms with Crippen molar-refractivity contribution in [3.63, 3.8) is 0 Å². The number of para-hydroxylation sites is 1. The third-order valence-corrected chi connectivity index (χ3v) is 2.02. The molecule has 1 amide bonds. The molecule has 0 fully saturated rings. The van der Waals surface area contributed by atoms with Gasteiger partial charge in [-0.2, -0.15) is 0 Å². The van der Waals surface area contributed by atoms with Crippen molar-refractivity contribution in [1.29, 1.82) is 0 Å². The van der Waals surface area contributed by atoms with Gasteiger partial charge in [0.05, 0.1) is 18.7 Å². The zero-order chi connectivity index (χ0) is 12.8. The zero-order valence-corrected chi connectivity index (χ0v) is 10.00. The van der Waals surface area contributed by atoms with Gasteiger partial charge in [0.1, 0.15) is 0 Å². The number of carbonyl (C=O) groups excluding carboxylic acids is 1. The normalized spacial score (nSPS) is 10.4. The van der Waals surface area contributed by atoms with Gasteiger partial charge in [-0.05, 0) is 26.0 Å². The third-order valence-electron chi connectivity index (χ3n) is 2.02. The summed E-state index contributed by atoms with van der Waals surface area (Å²) in [5, 5.41) is 2.71. The minimum absolute atomic E-state index is 0.00449. The Balaban J connectivity index is 2.43. The second-order valence-corrected chi connectivity index (χ2v) is 3.98. The summed E-state index contributed by atoms with van der Waals surface area (Å²) in [7, 11) is 0. The fraction of sp³-hybridized carbons (Fsp3) is 0.417. The summed E-state index contributed by atoms with van der Waals surface area (Å²) >= 11 is 0. The van der Waals surface area contributed by atoms with Crippen molar-refractivity contribution < 1.29 is 13.9 Å². The van der Waals surface area contributed by atoms with E-state index in [2.05, 4.69) is 5.32 Å². The minimum atomic E-state index is -0.519. The first-order valence-corrected chi connectivity index (χ1v) is 5.47. The van der Waals surface area contributed by atoms with Crippen LogP contribution in [0.15, 0.2) is 18.2 Å². The van der Waals surface area contributed by atoms with E-state index in [0.717, 1.165) is 0 Å². The lowest BCUT2D eigenvalue weighted by Gasteiger charge is -2.11. The number of benzene rings is 1. The number of hydrogen-bond acceptors (Lipinski definition) is 3. The van der Waals surface area contributed by atoms with Gasteiger partial charge in [-0.25, -0.2) is 4.39 Å². The molecule has 94 valence electrons. The molecule has 5 heteroatoms.